The monoisotopic (exact) mass is 436 g/mol. The molecule has 0 aliphatic rings. The molecule has 0 spiro atoms. The number of nitrogens with two attached hydrogens (primary N) is 2. The molecule has 0 aliphatic heterocycles. The first-order valence-corrected chi connectivity index (χ1v) is 8.88. The molecular formula is C20H17F5N6. The van der Waals surface area contributed by atoms with Crippen LogP contribution in [-0.4, -0.2) is 27.9 Å². The topological polar surface area (TPSA) is 93.4 Å². The molecule has 0 bridgehead atoms. The molecule has 6 nitrogen and oxygen atoms in total. The van der Waals surface area contributed by atoms with Crippen molar-refractivity contribution in [2.45, 2.75) is 11.8 Å². The number of hydrazone groups is 1. The molecule has 11 heteroatoms. The number of pyridine rings is 2. The fraction of sp³-hybridized carbons (Fsp3) is 0.150. The Labute approximate surface area is 174 Å². The van der Waals surface area contributed by atoms with Gasteiger partial charge in [0.05, 0.1) is 5.92 Å². The Balaban J connectivity index is 1.99. The standard InChI is InChI=1S/C20H17F5N6/c21-14-3-4-15(17(22)7-14)16(10-31(27)11-30-26)20(24,25)18-5-1-12(8-28-18)13-2-6-19(23)29-9-13/h1-9,11,16H,10,26-27H2/b30-11-. The summed E-state index contributed by atoms with van der Waals surface area (Å²) < 4.78 is 71.5. The number of alkyl halides is 2. The summed E-state index contributed by atoms with van der Waals surface area (Å²) >= 11 is 0. The molecule has 0 fully saturated rings. The van der Waals surface area contributed by atoms with Crippen molar-refractivity contribution in [2.75, 3.05) is 6.54 Å². The van der Waals surface area contributed by atoms with Crippen LogP contribution in [0.15, 0.2) is 60.0 Å². The highest BCUT2D eigenvalue weighted by Gasteiger charge is 2.45. The van der Waals surface area contributed by atoms with Crippen LogP contribution in [-0.2, 0) is 5.92 Å². The summed E-state index contributed by atoms with van der Waals surface area (Å²) in [5, 5.41) is 3.92. The van der Waals surface area contributed by atoms with Crippen molar-refractivity contribution >= 4 is 6.34 Å². The van der Waals surface area contributed by atoms with Gasteiger partial charge in [-0.15, -0.1) is 0 Å². The summed E-state index contributed by atoms with van der Waals surface area (Å²) in [4.78, 5) is 7.32. The first-order chi connectivity index (χ1) is 14.7. The van der Waals surface area contributed by atoms with Gasteiger partial charge in [-0.25, -0.2) is 19.6 Å². The highest BCUT2D eigenvalue weighted by Crippen LogP contribution is 2.42. The van der Waals surface area contributed by atoms with E-state index in [9.17, 15) is 13.2 Å². The Bertz CT molecular complexity index is 1060. The van der Waals surface area contributed by atoms with E-state index in [4.69, 9.17) is 11.7 Å². The number of hydrogen-bond acceptors (Lipinski definition) is 5. The zero-order chi connectivity index (χ0) is 22.6. The van der Waals surface area contributed by atoms with Crippen LogP contribution in [0.2, 0.25) is 0 Å². The average molecular weight is 436 g/mol. The van der Waals surface area contributed by atoms with Crippen LogP contribution in [0.5, 0.6) is 0 Å². The molecule has 31 heavy (non-hydrogen) atoms. The lowest BCUT2D eigenvalue weighted by Gasteiger charge is -2.29. The summed E-state index contributed by atoms with van der Waals surface area (Å²) in [6, 6.07) is 7.27. The molecule has 4 N–H and O–H groups in total. The summed E-state index contributed by atoms with van der Waals surface area (Å²) in [6.45, 7) is -0.596. The Morgan fingerprint density at radius 1 is 1.00 bits per heavy atom. The van der Waals surface area contributed by atoms with Crippen molar-refractivity contribution in [1.82, 2.24) is 15.0 Å². The molecule has 2 aromatic heterocycles. The predicted molar refractivity (Wildman–Crippen MR) is 104 cm³/mol. The van der Waals surface area contributed by atoms with Crippen LogP contribution in [0.4, 0.5) is 22.0 Å². The SMILES string of the molecule is N/N=C\N(N)CC(c1ccc(F)cc1F)C(F)(F)c1ccc(-c2ccc(F)nc2)cn1. The highest BCUT2D eigenvalue weighted by molar-refractivity contribution is 5.61. The third-order valence-corrected chi connectivity index (χ3v) is 4.55. The van der Waals surface area contributed by atoms with E-state index < -0.39 is 47.2 Å². The lowest BCUT2D eigenvalue weighted by Crippen LogP contribution is -2.40. The van der Waals surface area contributed by atoms with Crippen molar-refractivity contribution in [3.63, 3.8) is 0 Å². The molecule has 1 atom stereocenters. The molecule has 0 saturated heterocycles. The Morgan fingerprint density at radius 2 is 1.68 bits per heavy atom. The maximum Gasteiger partial charge on any atom is 0.298 e. The van der Waals surface area contributed by atoms with Gasteiger partial charge in [0.25, 0.3) is 5.92 Å². The summed E-state index contributed by atoms with van der Waals surface area (Å²) in [7, 11) is 0. The zero-order valence-electron chi connectivity index (χ0n) is 15.9. The molecule has 1 unspecified atom stereocenters. The van der Waals surface area contributed by atoms with Gasteiger partial charge in [0, 0.05) is 36.1 Å². The molecule has 0 amide bonds. The van der Waals surface area contributed by atoms with Gasteiger partial charge in [0.1, 0.15) is 23.7 Å². The number of rotatable bonds is 7. The molecule has 3 aromatic rings. The number of halogens is 5. The van der Waals surface area contributed by atoms with Crippen LogP contribution >= 0.6 is 0 Å². The zero-order valence-corrected chi connectivity index (χ0v) is 15.9. The smallest absolute Gasteiger partial charge is 0.298 e. The number of hydrogen-bond donors (Lipinski definition) is 2. The number of hydrazine groups is 1. The minimum Gasteiger partial charge on any atom is -0.322 e. The fourth-order valence-corrected chi connectivity index (χ4v) is 3.02. The normalized spacial score (nSPS) is 12.8. The average Bonchev–Trinajstić information content (AvgIpc) is 2.73. The van der Waals surface area contributed by atoms with Crippen LogP contribution in [0.3, 0.4) is 0 Å². The quantitative estimate of drug-likeness (QED) is 0.148. The van der Waals surface area contributed by atoms with E-state index in [1.807, 2.05) is 0 Å². The summed E-state index contributed by atoms with van der Waals surface area (Å²) in [5.41, 5.74) is -0.233. The molecule has 162 valence electrons. The van der Waals surface area contributed by atoms with Crippen LogP contribution in [0, 0.1) is 17.6 Å². The van der Waals surface area contributed by atoms with Crippen molar-refractivity contribution < 1.29 is 22.0 Å². The van der Waals surface area contributed by atoms with E-state index in [-0.39, 0.29) is 0 Å². The maximum absolute atomic E-state index is 15.4. The van der Waals surface area contributed by atoms with E-state index in [0.717, 1.165) is 41.8 Å². The molecule has 1 aromatic carbocycles. The lowest BCUT2D eigenvalue weighted by atomic mass is 9.89. The Kier molecular flexibility index (Phi) is 6.44. The number of aromatic nitrogens is 2. The number of nitrogens with zero attached hydrogens (tertiary/aromatic N) is 4. The lowest BCUT2D eigenvalue weighted by molar-refractivity contribution is -0.0443. The molecule has 0 radical (unpaired) electrons. The van der Waals surface area contributed by atoms with Gasteiger partial charge < -0.3 is 5.84 Å². The molecular weight excluding hydrogens is 419 g/mol. The van der Waals surface area contributed by atoms with Gasteiger partial charge >= 0.3 is 0 Å². The first kappa shape index (κ1) is 22.1. The van der Waals surface area contributed by atoms with Gasteiger partial charge in [-0.2, -0.15) is 18.3 Å². The predicted octanol–water partition coefficient (Wildman–Crippen LogP) is 3.51. The van der Waals surface area contributed by atoms with E-state index in [2.05, 4.69) is 15.1 Å². The summed E-state index contributed by atoms with van der Waals surface area (Å²) in [6.07, 6.45) is 3.29. The second kappa shape index (κ2) is 9.04. The number of benzene rings is 1. The fourth-order valence-electron chi connectivity index (χ4n) is 3.02. The first-order valence-electron chi connectivity index (χ1n) is 8.88. The van der Waals surface area contributed by atoms with Crippen molar-refractivity contribution in [3.05, 3.63) is 83.7 Å². The van der Waals surface area contributed by atoms with Crippen LogP contribution in [0.1, 0.15) is 17.2 Å². The molecule has 3 rings (SSSR count). The van der Waals surface area contributed by atoms with Gasteiger partial charge in [0.15, 0.2) is 0 Å². The molecule has 0 saturated carbocycles. The van der Waals surface area contributed by atoms with Gasteiger partial charge in [-0.05, 0) is 29.8 Å². The Hall–Kier alpha value is -3.60. The molecule has 0 aliphatic carbocycles. The second-order valence-electron chi connectivity index (χ2n) is 6.60. The van der Waals surface area contributed by atoms with Gasteiger partial charge in [-0.3, -0.25) is 9.99 Å². The third-order valence-electron chi connectivity index (χ3n) is 4.55. The van der Waals surface area contributed by atoms with Crippen molar-refractivity contribution in [3.8, 4) is 11.1 Å². The van der Waals surface area contributed by atoms with Crippen molar-refractivity contribution in [2.24, 2.45) is 16.8 Å². The highest BCUT2D eigenvalue weighted by atomic mass is 19.3. The van der Waals surface area contributed by atoms with E-state index in [0.29, 0.717) is 17.2 Å². The third kappa shape index (κ3) is 4.94. The summed E-state index contributed by atoms with van der Waals surface area (Å²) in [5.74, 6) is 2.29. The van der Waals surface area contributed by atoms with E-state index in [1.54, 1.807) is 0 Å². The minimum atomic E-state index is -3.71. The maximum atomic E-state index is 15.4. The minimum absolute atomic E-state index is 0.423. The Morgan fingerprint density at radius 3 is 2.23 bits per heavy atom. The van der Waals surface area contributed by atoms with Gasteiger partial charge in [-0.1, -0.05) is 12.1 Å². The van der Waals surface area contributed by atoms with E-state index in [1.165, 1.54) is 18.3 Å². The van der Waals surface area contributed by atoms with Crippen LogP contribution < -0.4 is 11.7 Å². The van der Waals surface area contributed by atoms with Crippen molar-refractivity contribution in [1.29, 1.82) is 0 Å². The van der Waals surface area contributed by atoms with E-state index >= 15 is 8.78 Å². The van der Waals surface area contributed by atoms with Crippen LogP contribution in [0.25, 0.3) is 11.1 Å². The largest absolute Gasteiger partial charge is 0.322 e. The van der Waals surface area contributed by atoms with Gasteiger partial charge in [0.2, 0.25) is 5.95 Å². The molecule has 2 heterocycles. The second-order valence-corrected chi connectivity index (χ2v) is 6.60.